The standard InChI is InChI=1S/C11H16N2O/c1-3-13(11(14)9(2)12)10-7-5-4-6-8-10/h4-9H,3,12H2,1-2H3/t9-/m1/s1. The number of benzene rings is 1. The van der Waals surface area contributed by atoms with E-state index in [1.807, 2.05) is 37.3 Å². The molecule has 0 saturated heterocycles. The average Bonchev–Trinajstić information content (AvgIpc) is 2.20. The molecule has 1 aromatic rings. The van der Waals surface area contributed by atoms with E-state index in [-0.39, 0.29) is 5.91 Å². The predicted molar refractivity (Wildman–Crippen MR) is 58.1 cm³/mol. The SMILES string of the molecule is CCN(C(=O)[C@@H](C)N)c1ccccc1. The van der Waals surface area contributed by atoms with Gasteiger partial charge in [-0.15, -0.1) is 0 Å². The highest BCUT2D eigenvalue weighted by molar-refractivity contribution is 5.96. The van der Waals surface area contributed by atoms with Crippen LogP contribution in [-0.2, 0) is 4.79 Å². The van der Waals surface area contributed by atoms with Crippen molar-refractivity contribution in [3.63, 3.8) is 0 Å². The summed E-state index contributed by atoms with van der Waals surface area (Å²) < 4.78 is 0. The van der Waals surface area contributed by atoms with Gasteiger partial charge in [-0.25, -0.2) is 0 Å². The minimum atomic E-state index is -0.449. The van der Waals surface area contributed by atoms with Gasteiger partial charge in [0, 0.05) is 12.2 Å². The van der Waals surface area contributed by atoms with E-state index in [0.717, 1.165) is 5.69 Å². The number of para-hydroxylation sites is 1. The fourth-order valence-electron chi connectivity index (χ4n) is 1.32. The number of rotatable bonds is 3. The molecule has 0 aromatic heterocycles. The van der Waals surface area contributed by atoms with E-state index in [0.29, 0.717) is 6.54 Å². The van der Waals surface area contributed by atoms with Crippen molar-refractivity contribution in [3.05, 3.63) is 30.3 Å². The zero-order valence-corrected chi connectivity index (χ0v) is 8.60. The second-order valence-corrected chi connectivity index (χ2v) is 3.21. The summed E-state index contributed by atoms with van der Waals surface area (Å²) in [5, 5.41) is 0. The van der Waals surface area contributed by atoms with E-state index in [9.17, 15) is 4.79 Å². The molecule has 0 bridgehead atoms. The molecule has 0 fully saturated rings. The van der Waals surface area contributed by atoms with Crippen molar-refractivity contribution >= 4 is 11.6 Å². The van der Waals surface area contributed by atoms with E-state index in [4.69, 9.17) is 5.73 Å². The molecule has 0 aliphatic carbocycles. The van der Waals surface area contributed by atoms with Crippen molar-refractivity contribution in [2.45, 2.75) is 19.9 Å². The highest BCUT2D eigenvalue weighted by atomic mass is 16.2. The van der Waals surface area contributed by atoms with Gasteiger partial charge in [-0.3, -0.25) is 4.79 Å². The van der Waals surface area contributed by atoms with Crippen molar-refractivity contribution < 1.29 is 4.79 Å². The summed E-state index contributed by atoms with van der Waals surface area (Å²) in [5.74, 6) is -0.0429. The third kappa shape index (κ3) is 2.33. The molecular formula is C11H16N2O. The first-order valence-corrected chi connectivity index (χ1v) is 4.78. The van der Waals surface area contributed by atoms with Crippen LogP contribution in [0.25, 0.3) is 0 Å². The highest BCUT2D eigenvalue weighted by Gasteiger charge is 2.16. The molecule has 1 amide bonds. The number of hydrogen-bond donors (Lipinski definition) is 1. The Balaban J connectivity index is 2.88. The van der Waals surface area contributed by atoms with Crippen molar-refractivity contribution in [2.24, 2.45) is 5.73 Å². The molecule has 76 valence electrons. The number of likely N-dealkylation sites (N-methyl/N-ethyl adjacent to an activating group) is 1. The smallest absolute Gasteiger partial charge is 0.243 e. The van der Waals surface area contributed by atoms with Gasteiger partial charge in [-0.1, -0.05) is 18.2 Å². The Labute approximate surface area is 84.5 Å². The third-order valence-corrected chi connectivity index (χ3v) is 2.04. The van der Waals surface area contributed by atoms with Gasteiger partial charge >= 0.3 is 0 Å². The Morgan fingerprint density at radius 2 is 2.00 bits per heavy atom. The van der Waals surface area contributed by atoms with Crippen LogP contribution in [0.15, 0.2) is 30.3 Å². The van der Waals surface area contributed by atoms with Gasteiger partial charge in [0.15, 0.2) is 0 Å². The number of anilines is 1. The number of nitrogens with zero attached hydrogens (tertiary/aromatic N) is 1. The second kappa shape index (κ2) is 4.77. The zero-order valence-electron chi connectivity index (χ0n) is 8.60. The first-order valence-electron chi connectivity index (χ1n) is 4.78. The van der Waals surface area contributed by atoms with Gasteiger partial charge in [0.25, 0.3) is 0 Å². The molecule has 1 rings (SSSR count). The number of carbonyl (C=O) groups is 1. The number of hydrogen-bond acceptors (Lipinski definition) is 2. The van der Waals surface area contributed by atoms with E-state index in [2.05, 4.69) is 0 Å². The van der Waals surface area contributed by atoms with E-state index < -0.39 is 6.04 Å². The number of carbonyl (C=O) groups excluding carboxylic acids is 1. The van der Waals surface area contributed by atoms with Gasteiger partial charge in [0.1, 0.15) is 0 Å². The third-order valence-electron chi connectivity index (χ3n) is 2.04. The maximum Gasteiger partial charge on any atom is 0.243 e. The van der Waals surface area contributed by atoms with Crippen LogP contribution in [0, 0.1) is 0 Å². The topological polar surface area (TPSA) is 46.3 Å². The molecular weight excluding hydrogens is 176 g/mol. The summed E-state index contributed by atoms with van der Waals surface area (Å²) in [6, 6.07) is 9.11. The Kier molecular flexibility index (Phi) is 3.65. The van der Waals surface area contributed by atoms with E-state index in [1.165, 1.54) is 0 Å². The van der Waals surface area contributed by atoms with Crippen molar-refractivity contribution in [1.29, 1.82) is 0 Å². The van der Waals surface area contributed by atoms with E-state index >= 15 is 0 Å². The molecule has 1 aromatic carbocycles. The maximum absolute atomic E-state index is 11.7. The van der Waals surface area contributed by atoms with Gasteiger partial charge in [0.2, 0.25) is 5.91 Å². The monoisotopic (exact) mass is 192 g/mol. The minimum Gasteiger partial charge on any atom is -0.320 e. The predicted octanol–water partition coefficient (Wildman–Crippen LogP) is 1.39. The number of amides is 1. The minimum absolute atomic E-state index is 0.0429. The summed E-state index contributed by atoms with van der Waals surface area (Å²) >= 11 is 0. The van der Waals surface area contributed by atoms with Crippen LogP contribution < -0.4 is 10.6 Å². The lowest BCUT2D eigenvalue weighted by atomic mass is 10.2. The number of nitrogens with two attached hydrogens (primary N) is 1. The largest absolute Gasteiger partial charge is 0.320 e. The molecule has 14 heavy (non-hydrogen) atoms. The van der Waals surface area contributed by atoms with E-state index in [1.54, 1.807) is 11.8 Å². The van der Waals surface area contributed by atoms with Crippen LogP contribution in [-0.4, -0.2) is 18.5 Å². The molecule has 0 unspecified atom stereocenters. The molecule has 0 radical (unpaired) electrons. The Bertz CT molecular complexity index is 295. The molecule has 0 aliphatic rings. The maximum atomic E-state index is 11.7. The molecule has 0 aliphatic heterocycles. The molecule has 2 N–H and O–H groups in total. The van der Waals surface area contributed by atoms with Gasteiger partial charge < -0.3 is 10.6 Å². The zero-order chi connectivity index (χ0) is 10.6. The molecule has 0 spiro atoms. The van der Waals surface area contributed by atoms with Crippen molar-refractivity contribution in [1.82, 2.24) is 0 Å². The summed E-state index contributed by atoms with van der Waals surface area (Å²) in [5.41, 5.74) is 6.46. The molecule has 1 atom stereocenters. The van der Waals surface area contributed by atoms with Crippen LogP contribution in [0.5, 0.6) is 0 Å². The van der Waals surface area contributed by atoms with Crippen LogP contribution >= 0.6 is 0 Å². The Morgan fingerprint density at radius 3 is 2.43 bits per heavy atom. The lowest BCUT2D eigenvalue weighted by Gasteiger charge is -2.22. The van der Waals surface area contributed by atoms with Gasteiger partial charge in [-0.2, -0.15) is 0 Å². The Morgan fingerprint density at radius 1 is 1.43 bits per heavy atom. The van der Waals surface area contributed by atoms with Crippen molar-refractivity contribution in [3.8, 4) is 0 Å². The fourth-order valence-corrected chi connectivity index (χ4v) is 1.32. The summed E-state index contributed by atoms with van der Waals surface area (Å²) in [7, 11) is 0. The fraction of sp³-hybridized carbons (Fsp3) is 0.364. The molecule has 3 nitrogen and oxygen atoms in total. The second-order valence-electron chi connectivity index (χ2n) is 3.21. The quantitative estimate of drug-likeness (QED) is 0.786. The normalized spacial score (nSPS) is 12.2. The summed E-state index contributed by atoms with van der Waals surface area (Å²) in [4.78, 5) is 13.4. The molecule has 0 heterocycles. The first-order chi connectivity index (χ1) is 6.66. The summed E-state index contributed by atoms with van der Waals surface area (Å²) in [6.07, 6.45) is 0. The van der Waals surface area contributed by atoms with Gasteiger partial charge in [0.05, 0.1) is 6.04 Å². The summed E-state index contributed by atoms with van der Waals surface area (Å²) in [6.45, 7) is 4.28. The first kappa shape index (κ1) is 10.7. The van der Waals surface area contributed by atoms with Gasteiger partial charge in [-0.05, 0) is 26.0 Å². The lowest BCUT2D eigenvalue weighted by molar-refractivity contribution is -0.119. The van der Waals surface area contributed by atoms with Crippen LogP contribution in [0.3, 0.4) is 0 Å². The molecule has 0 saturated carbocycles. The lowest BCUT2D eigenvalue weighted by Crippen LogP contribution is -2.42. The van der Waals surface area contributed by atoms with Crippen molar-refractivity contribution in [2.75, 3.05) is 11.4 Å². The van der Waals surface area contributed by atoms with Crippen LogP contribution in [0.2, 0.25) is 0 Å². The average molecular weight is 192 g/mol. The Hall–Kier alpha value is -1.35. The van der Waals surface area contributed by atoms with Crippen LogP contribution in [0.4, 0.5) is 5.69 Å². The van der Waals surface area contributed by atoms with Crippen LogP contribution in [0.1, 0.15) is 13.8 Å². The highest BCUT2D eigenvalue weighted by Crippen LogP contribution is 2.13. The molecule has 3 heteroatoms.